The monoisotopic (exact) mass is 279 g/mol. The molecule has 4 heteroatoms. The summed E-state index contributed by atoms with van der Waals surface area (Å²) in [6.45, 7) is 12.1. The van der Waals surface area contributed by atoms with E-state index in [-0.39, 0.29) is 0 Å². The Hall–Kier alpha value is -1.13. The van der Waals surface area contributed by atoms with Crippen molar-refractivity contribution in [3.05, 3.63) is 22.9 Å². The van der Waals surface area contributed by atoms with Gasteiger partial charge in [-0.2, -0.15) is 0 Å². The molecule has 1 aromatic heterocycles. The van der Waals surface area contributed by atoms with Crippen molar-refractivity contribution in [3.8, 4) is 0 Å². The highest BCUT2D eigenvalue weighted by atomic mass is 16.5. The number of methoxy groups -OCH3 is 1. The predicted molar refractivity (Wildman–Crippen MR) is 85.4 cm³/mol. The first-order valence-electron chi connectivity index (χ1n) is 7.33. The molecule has 0 saturated carbocycles. The fourth-order valence-electron chi connectivity index (χ4n) is 2.20. The molecular weight excluding hydrogens is 250 g/mol. The Morgan fingerprint density at radius 3 is 2.65 bits per heavy atom. The molecule has 0 aliphatic carbocycles. The summed E-state index contributed by atoms with van der Waals surface area (Å²) in [5.74, 6) is 1.72. The lowest BCUT2D eigenvalue weighted by molar-refractivity contribution is 0.206. The van der Waals surface area contributed by atoms with Gasteiger partial charge < -0.3 is 15.0 Å². The van der Waals surface area contributed by atoms with E-state index < -0.39 is 0 Å². The topological polar surface area (TPSA) is 37.4 Å². The van der Waals surface area contributed by atoms with Gasteiger partial charge in [0.25, 0.3) is 0 Å². The highest BCUT2D eigenvalue weighted by Crippen LogP contribution is 2.21. The van der Waals surface area contributed by atoms with E-state index in [2.05, 4.69) is 44.1 Å². The Kier molecular flexibility index (Phi) is 6.96. The van der Waals surface area contributed by atoms with E-state index in [1.807, 2.05) is 6.92 Å². The van der Waals surface area contributed by atoms with Crippen LogP contribution < -0.4 is 10.2 Å². The summed E-state index contributed by atoms with van der Waals surface area (Å²) in [7, 11) is 3.81. The highest BCUT2D eigenvalue weighted by Gasteiger charge is 2.12. The van der Waals surface area contributed by atoms with E-state index in [9.17, 15) is 0 Å². The summed E-state index contributed by atoms with van der Waals surface area (Å²) in [5, 5.41) is 3.51. The van der Waals surface area contributed by atoms with E-state index >= 15 is 0 Å². The van der Waals surface area contributed by atoms with Gasteiger partial charge in [-0.1, -0.05) is 13.8 Å². The molecule has 1 rings (SSSR count). The number of rotatable bonds is 8. The molecule has 0 saturated heterocycles. The maximum absolute atomic E-state index is 5.16. The number of ether oxygens (including phenoxy) is 1. The van der Waals surface area contributed by atoms with E-state index in [0.717, 1.165) is 31.1 Å². The lowest BCUT2D eigenvalue weighted by Crippen LogP contribution is -2.27. The number of nitrogens with zero attached hydrogens (tertiary/aromatic N) is 2. The normalized spacial score (nSPS) is 11.2. The molecule has 0 radical (unpaired) electrons. The average molecular weight is 279 g/mol. The SMILES string of the molecule is COCCN(C)c1nc(C)cc(C)c1CNCC(C)C. The molecule has 0 fully saturated rings. The minimum absolute atomic E-state index is 0.656. The van der Waals surface area contributed by atoms with Crippen LogP contribution in [0.1, 0.15) is 30.7 Å². The third-order valence-electron chi connectivity index (χ3n) is 3.30. The fourth-order valence-corrected chi connectivity index (χ4v) is 2.20. The number of hydrogen-bond acceptors (Lipinski definition) is 4. The van der Waals surface area contributed by atoms with Gasteiger partial charge in [-0.25, -0.2) is 4.98 Å². The molecule has 4 nitrogen and oxygen atoms in total. The number of pyridine rings is 1. The zero-order valence-electron chi connectivity index (χ0n) is 13.8. The zero-order chi connectivity index (χ0) is 15.1. The molecule has 0 unspecified atom stereocenters. The van der Waals surface area contributed by atoms with Gasteiger partial charge in [-0.15, -0.1) is 0 Å². The fraction of sp³-hybridized carbons (Fsp3) is 0.688. The van der Waals surface area contributed by atoms with Crippen molar-refractivity contribution < 1.29 is 4.74 Å². The summed E-state index contributed by atoms with van der Waals surface area (Å²) < 4.78 is 5.16. The Balaban J connectivity index is 2.89. The van der Waals surface area contributed by atoms with E-state index in [0.29, 0.717) is 12.5 Å². The van der Waals surface area contributed by atoms with Crippen molar-refractivity contribution in [2.24, 2.45) is 5.92 Å². The number of anilines is 1. The average Bonchev–Trinajstić information content (AvgIpc) is 2.37. The highest BCUT2D eigenvalue weighted by molar-refractivity contribution is 5.51. The molecule has 0 aliphatic rings. The van der Waals surface area contributed by atoms with Crippen LogP contribution in [-0.2, 0) is 11.3 Å². The van der Waals surface area contributed by atoms with Crippen molar-refractivity contribution in [1.29, 1.82) is 0 Å². The van der Waals surface area contributed by atoms with Crippen molar-refractivity contribution >= 4 is 5.82 Å². The first-order valence-corrected chi connectivity index (χ1v) is 7.33. The third kappa shape index (κ3) is 5.10. The molecule has 0 amide bonds. The van der Waals surface area contributed by atoms with Gasteiger partial charge in [0.2, 0.25) is 0 Å². The summed E-state index contributed by atoms with van der Waals surface area (Å²) in [4.78, 5) is 6.89. The Bertz CT molecular complexity index is 418. The maximum Gasteiger partial charge on any atom is 0.133 e. The number of aromatic nitrogens is 1. The molecule has 0 bridgehead atoms. The van der Waals surface area contributed by atoms with Gasteiger partial charge in [0.05, 0.1) is 6.61 Å². The van der Waals surface area contributed by atoms with Crippen LogP contribution in [0.15, 0.2) is 6.07 Å². The second kappa shape index (κ2) is 8.22. The smallest absolute Gasteiger partial charge is 0.133 e. The molecule has 0 spiro atoms. The van der Waals surface area contributed by atoms with Crippen molar-refractivity contribution in [3.63, 3.8) is 0 Å². The zero-order valence-corrected chi connectivity index (χ0v) is 13.8. The molecule has 0 aliphatic heterocycles. The van der Waals surface area contributed by atoms with Gasteiger partial charge in [0.15, 0.2) is 0 Å². The summed E-state index contributed by atoms with van der Waals surface area (Å²) in [6.07, 6.45) is 0. The van der Waals surface area contributed by atoms with Gasteiger partial charge in [-0.05, 0) is 37.9 Å². The molecule has 1 N–H and O–H groups in total. The summed E-state index contributed by atoms with van der Waals surface area (Å²) >= 11 is 0. The molecule has 114 valence electrons. The first kappa shape index (κ1) is 16.9. The van der Waals surface area contributed by atoms with Crippen LogP contribution in [-0.4, -0.2) is 38.8 Å². The Labute approximate surface area is 123 Å². The van der Waals surface area contributed by atoms with Gasteiger partial charge >= 0.3 is 0 Å². The van der Waals surface area contributed by atoms with Crippen molar-refractivity contribution in [2.75, 3.05) is 38.8 Å². The van der Waals surface area contributed by atoms with E-state index in [1.54, 1.807) is 7.11 Å². The molecule has 1 aromatic rings. The standard InChI is InChI=1S/C16H29N3O/c1-12(2)10-17-11-15-13(3)9-14(4)18-16(15)19(5)7-8-20-6/h9,12,17H,7-8,10-11H2,1-6H3. The minimum atomic E-state index is 0.656. The van der Waals surface area contributed by atoms with E-state index in [4.69, 9.17) is 9.72 Å². The van der Waals surface area contributed by atoms with Crippen LogP contribution in [0.4, 0.5) is 5.82 Å². The Morgan fingerprint density at radius 1 is 1.35 bits per heavy atom. The number of hydrogen-bond donors (Lipinski definition) is 1. The van der Waals surface area contributed by atoms with Crippen molar-refractivity contribution in [1.82, 2.24) is 10.3 Å². The lowest BCUT2D eigenvalue weighted by atomic mass is 10.1. The molecule has 0 aromatic carbocycles. The van der Waals surface area contributed by atoms with Crippen LogP contribution in [0.25, 0.3) is 0 Å². The van der Waals surface area contributed by atoms with Crippen LogP contribution in [0, 0.1) is 19.8 Å². The van der Waals surface area contributed by atoms with Crippen LogP contribution in [0.2, 0.25) is 0 Å². The van der Waals surface area contributed by atoms with Gasteiger partial charge in [-0.3, -0.25) is 0 Å². The molecule has 20 heavy (non-hydrogen) atoms. The summed E-state index contributed by atoms with van der Waals surface area (Å²) in [6, 6.07) is 2.15. The third-order valence-corrected chi connectivity index (χ3v) is 3.30. The predicted octanol–water partition coefficient (Wildman–Crippen LogP) is 2.53. The molecule has 1 heterocycles. The molecule has 0 atom stereocenters. The first-order chi connectivity index (χ1) is 9.45. The number of nitrogens with one attached hydrogen (secondary N) is 1. The van der Waals surface area contributed by atoms with E-state index in [1.165, 1.54) is 11.1 Å². The van der Waals surface area contributed by atoms with Crippen LogP contribution >= 0.6 is 0 Å². The van der Waals surface area contributed by atoms with Gasteiger partial charge in [0.1, 0.15) is 5.82 Å². The maximum atomic E-state index is 5.16. The molecular formula is C16H29N3O. The quantitative estimate of drug-likeness (QED) is 0.793. The second-order valence-electron chi connectivity index (χ2n) is 5.82. The summed E-state index contributed by atoms with van der Waals surface area (Å²) in [5.41, 5.74) is 3.65. The number of likely N-dealkylation sites (N-methyl/N-ethyl adjacent to an activating group) is 1. The second-order valence-corrected chi connectivity index (χ2v) is 5.82. The minimum Gasteiger partial charge on any atom is -0.383 e. The van der Waals surface area contributed by atoms with Crippen LogP contribution in [0.5, 0.6) is 0 Å². The van der Waals surface area contributed by atoms with Crippen LogP contribution in [0.3, 0.4) is 0 Å². The van der Waals surface area contributed by atoms with Gasteiger partial charge in [0, 0.05) is 38.5 Å². The van der Waals surface area contributed by atoms with Crippen molar-refractivity contribution in [2.45, 2.75) is 34.2 Å². The largest absolute Gasteiger partial charge is 0.383 e. The lowest BCUT2D eigenvalue weighted by Gasteiger charge is -2.23. The Morgan fingerprint density at radius 2 is 2.05 bits per heavy atom. The number of aryl methyl sites for hydroxylation is 2.